The quantitative estimate of drug-likeness (QED) is 0.279. The first kappa shape index (κ1) is 28.8. The van der Waals surface area contributed by atoms with Gasteiger partial charge < -0.3 is 20.3 Å². The van der Waals surface area contributed by atoms with Gasteiger partial charge in [0.25, 0.3) is 0 Å². The van der Waals surface area contributed by atoms with E-state index < -0.39 is 0 Å². The lowest BCUT2D eigenvalue weighted by Gasteiger charge is -2.30. The Bertz CT molecular complexity index is 1270. The van der Waals surface area contributed by atoms with Gasteiger partial charge in [-0.15, -0.1) is 0 Å². The Morgan fingerprint density at radius 2 is 1.87 bits per heavy atom. The predicted octanol–water partition coefficient (Wildman–Crippen LogP) is 5.84. The summed E-state index contributed by atoms with van der Waals surface area (Å²) in [5, 5.41) is 15.1. The van der Waals surface area contributed by atoms with Crippen LogP contribution in [0.3, 0.4) is 0 Å². The van der Waals surface area contributed by atoms with Gasteiger partial charge >= 0.3 is 0 Å². The molecule has 2 aromatic rings. The number of allylic oxidation sites excluding steroid dienone is 2. The zero-order chi connectivity index (χ0) is 27.5. The number of anilines is 2. The highest BCUT2D eigenvalue weighted by Gasteiger charge is 2.20. The van der Waals surface area contributed by atoms with Gasteiger partial charge in [0, 0.05) is 35.7 Å². The molecule has 8 heteroatoms. The molecule has 0 radical (unpaired) electrons. The molecule has 2 N–H and O–H groups in total. The minimum absolute atomic E-state index is 0.0446. The van der Waals surface area contributed by atoms with Gasteiger partial charge in [-0.25, -0.2) is 4.99 Å². The van der Waals surface area contributed by atoms with Gasteiger partial charge in [0.05, 0.1) is 30.6 Å². The highest BCUT2D eigenvalue weighted by atomic mass is 32.2. The van der Waals surface area contributed by atoms with Crippen LogP contribution in [0.4, 0.5) is 11.4 Å². The van der Waals surface area contributed by atoms with Crippen molar-refractivity contribution in [3.05, 3.63) is 89.8 Å². The van der Waals surface area contributed by atoms with Crippen molar-refractivity contribution in [1.29, 1.82) is 5.26 Å². The van der Waals surface area contributed by atoms with Gasteiger partial charge in [0.2, 0.25) is 5.12 Å². The highest BCUT2D eigenvalue weighted by Crippen LogP contribution is 2.29. The molecular formula is C30H35N5O2S. The van der Waals surface area contributed by atoms with Crippen LogP contribution < -0.4 is 15.5 Å². The number of carbonyl (C=O) groups is 1. The van der Waals surface area contributed by atoms with E-state index in [9.17, 15) is 4.79 Å². The number of rotatable bonds is 11. The van der Waals surface area contributed by atoms with E-state index in [1.807, 2.05) is 69.3 Å². The van der Waals surface area contributed by atoms with E-state index in [1.54, 1.807) is 0 Å². The average molecular weight is 530 g/mol. The molecule has 1 fully saturated rings. The van der Waals surface area contributed by atoms with E-state index in [4.69, 9.17) is 15.0 Å². The average Bonchev–Trinajstić information content (AvgIpc) is 2.95. The molecule has 1 saturated heterocycles. The fourth-order valence-corrected chi connectivity index (χ4v) is 4.57. The third-order valence-corrected chi connectivity index (χ3v) is 6.84. The van der Waals surface area contributed by atoms with E-state index in [0.29, 0.717) is 36.0 Å². The van der Waals surface area contributed by atoms with Crippen molar-refractivity contribution in [1.82, 2.24) is 5.32 Å². The first-order chi connectivity index (χ1) is 18.4. The molecule has 0 bridgehead atoms. The molecule has 0 atom stereocenters. The molecule has 7 nitrogen and oxygen atoms in total. The van der Waals surface area contributed by atoms with E-state index in [2.05, 4.69) is 34.8 Å². The van der Waals surface area contributed by atoms with Crippen LogP contribution in [0.15, 0.2) is 78.1 Å². The first-order valence-corrected chi connectivity index (χ1v) is 13.6. The maximum absolute atomic E-state index is 13.0. The molecule has 0 aromatic heterocycles. The summed E-state index contributed by atoms with van der Waals surface area (Å²) in [7, 11) is 0. The lowest BCUT2D eigenvalue weighted by atomic mass is 10.0. The number of hydrogen-bond donors (Lipinski definition) is 2. The molecule has 2 aromatic carbocycles. The van der Waals surface area contributed by atoms with Crippen LogP contribution in [-0.4, -0.2) is 49.4 Å². The summed E-state index contributed by atoms with van der Waals surface area (Å²) in [4.78, 5) is 20.0. The van der Waals surface area contributed by atoms with Crippen LogP contribution in [0.1, 0.15) is 42.3 Å². The molecule has 1 heterocycles. The van der Waals surface area contributed by atoms with Gasteiger partial charge in [0.1, 0.15) is 12.4 Å². The summed E-state index contributed by atoms with van der Waals surface area (Å²) in [6, 6.07) is 15.7. The number of thioether (sulfide) groups is 1. The summed E-state index contributed by atoms with van der Waals surface area (Å²) < 4.78 is 5.49. The monoisotopic (exact) mass is 529 g/mol. The van der Waals surface area contributed by atoms with Crippen molar-refractivity contribution in [3.63, 3.8) is 0 Å². The standard InChI is InChI=1S/C30H35N5O2S/c1-6-21(3)29(25-10-8-24(9-11-25)22(4)32-15-14-31)34-23(5)33-26-12-13-28(35-16-18-37-19-17-35)27(20-26)30(36)38-7-2/h6,8-13,20,32-33H,4-5,7,15-19H2,1-3H3/b21-6-,34-29+. The van der Waals surface area contributed by atoms with Crippen LogP contribution in [-0.2, 0) is 4.74 Å². The Hall–Kier alpha value is -3.80. The highest BCUT2D eigenvalue weighted by molar-refractivity contribution is 8.14. The van der Waals surface area contributed by atoms with Crippen LogP contribution in [0.25, 0.3) is 5.70 Å². The van der Waals surface area contributed by atoms with Crippen molar-refractivity contribution < 1.29 is 9.53 Å². The molecule has 198 valence electrons. The fraction of sp³-hybridized carbons (Fsp3) is 0.300. The third-order valence-electron chi connectivity index (χ3n) is 6.07. The molecule has 0 amide bonds. The molecule has 3 rings (SSSR count). The Morgan fingerprint density at radius 1 is 1.18 bits per heavy atom. The van der Waals surface area contributed by atoms with Crippen LogP contribution >= 0.6 is 11.8 Å². The minimum atomic E-state index is 0.0446. The fourth-order valence-electron chi connectivity index (χ4n) is 3.99. The second-order valence-electron chi connectivity index (χ2n) is 8.62. The summed E-state index contributed by atoms with van der Waals surface area (Å²) in [5.41, 5.74) is 6.66. The van der Waals surface area contributed by atoms with Crippen molar-refractivity contribution in [3.8, 4) is 6.07 Å². The molecule has 0 unspecified atom stereocenters. The van der Waals surface area contributed by atoms with Crippen molar-refractivity contribution in [2.75, 3.05) is 48.8 Å². The number of nitriles is 1. The second kappa shape index (κ2) is 14.2. The van der Waals surface area contributed by atoms with E-state index in [1.165, 1.54) is 11.8 Å². The lowest BCUT2D eigenvalue weighted by molar-refractivity contribution is 0.108. The molecule has 38 heavy (non-hydrogen) atoms. The number of morpholine rings is 1. The van der Waals surface area contributed by atoms with E-state index in [-0.39, 0.29) is 11.7 Å². The molecule has 1 aliphatic heterocycles. The number of benzene rings is 2. The maximum Gasteiger partial charge on any atom is 0.221 e. The van der Waals surface area contributed by atoms with Crippen molar-refractivity contribution >= 4 is 39.7 Å². The zero-order valence-corrected chi connectivity index (χ0v) is 23.2. The molecule has 1 aliphatic rings. The summed E-state index contributed by atoms with van der Waals surface area (Å²) >= 11 is 1.30. The zero-order valence-electron chi connectivity index (χ0n) is 22.3. The molecule has 0 saturated carbocycles. The Morgan fingerprint density at radius 3 is 2.50 bits per heavy atom. The molecular weight excluding hydrogens is 494 g/mol. The number of ether oxygens (including phenoxy) is 1. The smallest absolute Gasteiger partial charge is 0.221 e. The molecule has 0 spiro atoms. The normalized spacial score (nSPS) is 14.0. The Kier molecular flexibility index (Phi) is 10.8. The number of nitrogens with one attached hydrogen (secondary N) is 2. The molecule has 0 aliphatic carbocycles. The lowest BCUT2D eigenvalue weighted by Crippen LogP contribution is -2.37. The minimum Gasteiger partial charge on any atom is -0.378 e. The van der Waals surface area contributed by atoms with Crippen LogP contribution in [0, 0.1) is 11.3 Å². The van der Waals surface area contributed by atoms with E-state index in [0.717, 1.165) is 46.9 Å². The SMILES string of the molecule is C=C(/N=C(\C(C)=C/C)c1ccc(C(=C)NCC#N)cc1)Nc1ccc(N2CCOCC2)c(C(=O)SCC)c1. The van der Waals surface area contributed by atoms with Gasteiger partial charge in [-0.05, 0) is 48.9 Å². The van der Waals surface area contributed by atoms with Crippen LogP contribution in [0.2, 0.25) is 0 Å². The summed E-state index contributed by atoms with van der Waals surface area (Å²) in [6.45, 7) is 17.1. The maximum atomic E-state index is 13.0. The Labute approximate surface area is 230 Å². The third kappa shape index (κ3) is 7.60. The predicted molar refractivity (Wildman–Crippen MR) is 160 cm³/mol. The van der Waals surface area contributed by atoms with Crippen molar-refractivity contribution in [2.45, 2.75) is 20.8 Å². The van der Waals surface area contributed by atoms with Gasteiger partial charge in [-0.2, -0.15) is 5.26 Å². The van der Waals surface area contributed by atoms with Crippen LogP contribution in [0.5, 0.6) is 0 Å². The van der Waals surface area contributed by atoms with Crippen molar-refractivity contribution in [2.24, 2.45) is 4.99 Å². The second-order valence-corrected chi connectivity index (χ2v) is 9.86. The number of carbonyl (C=O) groups excluding carboxylic acids is 1. The van der Waals surface area contributed by atoms with E-state index >= 15 is 0 Å². The number of nitrogens with zero attached hydrogens (tertiary/aromatic N) is 3. The number of aliphatic imine (C=N–C) groups is 1. The summed E-state index contributed by atoms with van der Waals surface area (Å²) in [6.07, 6.45) is 2.00. The topological polar surface area (TPSA) is 89.8 Å². The van der Waals surface area contributed by atoms with Gasteiger partial charge in [0.15, 0.2) is 0 Å². The van der Waals surface area contributed by atoms with Gasteiger partial charge in [-0.3, -0.25) is 4.79 Å². The van der Waals surface area contributed by atoms with Gasteiger partial charge in [-0.1, -0.05) is 62.2 Å². The number of hydrogen-bond acceptors (Lipinski definition) is 8. The Balaban J connectivity index is 1.85. The first-order valence-electron chi connectivity index (χ1n) is 12.6. The largest absolute Gasteiger partial charge is 0.378 e. The summed E-state index contributed by atoms with van der Waals surface area (Å²) in [5.74, 6) is 1.17.